The molecule has 0 bridgehead atoms. The van der Waals surface area contributed by atoms with Crippen molar-refractivity contribution in [3.63, 3.8) is 0 Å². The highest BCUT2D eigenvalue weighted by atomic mass is 14.9. The van der Waals surface area contributed by atoms with Gasteiger partial charge in [-0.15, -0.1) is 0 Å². The Balaban J connectivity index is 1.05. The van der Waals surface area contributed by atoms with Gasteiger partial charge in [0.25, 0.3) is 0 Å². The minimum absolute atomic E-state index is 0.385. The molecule has 0 saturated heterocycles. The molecule has 0 aliphatic heterocycles. The molecule has 0 saturated carbocycles. The first kappa shape index (κ1) is 31.3. The highest BCUT2D eigenvalue weighted by molar-refractivity contribution is 5.96. The van der Waals surface area contributed by atoms with E-state index in [2.05, 4.69) is 175 Å². The van der Waals surface area contributed by atoms with Crippen molar-refractivity contribution in [2.45, 2.75) is 5.41 Å². The van der Waals surface area contributed by atoms with Crippen molar-refractivity contribution in [1.82, 2.24) is 15.0 Å². The van der Waals surface area contributed by atoms with E-state index < -0.39 is 0 Å². The van der Waals surface area contributed by atoms with E-state index in [1.807, 2.05) is 30.6 Å². The van der Waals surface area contributed by atoms with Gasteiger partial charge in [0.1, 0.15) is 0 Å². The fourth-order valence-corrected chi connectivity index (χ4v) is 8.97. The van der Waals surface area contributed by atoms with Crippen molar-refractivity contribution in [2.24, 2.45) is 0 Å². The summed E-state index contributed by atoms with van der Waals surface area (Å²) in [6, 6.07) is 67.8. The number of fused-ring (bicyclic) bond motifs is 10. The monoisotopic (exact) mass is 699 g/mol. The molecule has 11 rings (SSSR count). The zero-order valence-electron chi connectivity index (χ0n) is 29.9. The Morgan fingerprint density at radius 3 is 1.42 bits per heavy atom. The van der Waals surface area contributed by atoms with Crippen molar-refractivity contribution in [3.05, 3.63) is 223 Å². The van der Waals surface area contributed by atoms with Crippen LogP contribution in [0.25, 0.3) is 78.4 Å². The molecule has 2 heterocycles. The molecule has 55 heavy (non-hydrogen) atoms. The van der Waals surface area contributed by atoms with Gasteiger partial charge in [-0.2, -0.15) is 0 Å². The predicted molar refractivity (Wildman–Crippen MR) is 223 cm³/mol. The van der Waals surface area contributed by atoms with Gasteiger partial charge in [-0.25, -0.2) is 9.97 Å². The van der Waals surface area contributed by atoms with Gasteiger partial charge in [0.2, 0.25) is 0 Å². The fraction of sp³-hybridized carbons (Fsp3) is 0.0192. The zero-order chi connectivity index (χ0) is 36.3. The molecule has 0 unspecified atom stereocenters. The summed E-state index contributed by atoms with van der Waals surface area (Å²) < 4.78 is 0. The molecule has 1 spiro atoms. The Morgan fingerprint density at radius 2 is 0.764 bits per heavy atom. The zero-order valence-corrected chi connectivity index (χ0v) is 29.9. The number of nitrogens with zero attached hydrogens (tertiary/aromatic N) is 3. The maximum Gasteiger partial charge on any atom is 0.160 e. The van der Waals surface area contributed by atoms with E-state index in [9.17, 15) is 0 Å². The lowest BCUT2D eigenvalue weighted by Crippen LogP contribution is -2.25. The summed E-state index contributed by atoms with van der Waals surface area (Å²) in [6.45, 7) is 0. The molecule has 0 N–H and O–H groups in total. The van der Waals surface area contributed by atoms with Crippen LogP contribution >= 0.6 is 0 Å². The average molecular weight is 700 g/mol. The molecule has 0 fully saturated rings. The molecule has 0 radical (unpaired) electrons. The number of pyridine rings is 1. The van der Waals surface area contributed by atoms with Crippen LogP contribution in [0.2, 0.25) is 0 Å². The van der Waals surface area contributed by atoms with Crippen molar-refractivity contribution in [3.8, 4) is 78.4 Å². The first-order chi connectivity index (χ1) is 27.3. The lowest BCUT2D eigenvalue weighted by molar-refractivity contribution is 0.794. The van der Waals surface area contributed by atoms with Crippen LogP contribution in [0.4, 0.5) is 0 Å². The summed E-state index contributed by atoms with van der Waals surface area (Å²) in [5.74, 6) is 0.685. The quantitative estimate of drug-likeness (QED) is 0.179. The highest BCUT2D eigenvalue weighted by Gasteiger charge is 2.51. The first-order valence-electron chi connectivity index (χ1n) is 18.8. The van der Waals surface area contributed by atoms with E-state index in [1.54, 1.807) is 0 Å². The third-order valence-corrected chi connectivity index (χ3v) is 11.4. The number of benzene rings is 7. The van der Waals surface area contributed by atoms with Crippen LogP contribution in [0.15, 0.2) is 200 Å². The highest BCUT2D eigenvalue weighted by Crippen LogP contribution is 2.63. The van der Waals surface area contributed by atoms with Gasteiger partial charge in [-0.3, -0.25) is 4.98 Å². The van der Waals surface area contributed by atoms with Gasteiger partial charge in [0, 0.05) is 29.1 Å². The number of aromatic nitrogens is 3. The molecule has 2 aliphatic carbocycles. The van der Waals surface area contributed by atoms with E-state index in [1.165, 1.54) is 55.6 Å². The van der Waals surface area contributed by atoms with Crippen molar-refractivity contribution < 1.29 is 0 Å². The van der Waals surface area contributed by atoms with Gasteiger partial charge in [0.05, 0.1) is 16.8 Å². The molecule has 3 nitrogen and oxygen atoms in total. The first-order valence-corrected chi connectivity index (χ1v) is 18.8. The summed E-state index contributed by atoms with van der Waals surface area (Å²) >= 11 is 0. The molecule has 256 valence electrons. The number of hydrogen-bond acceptors (Lipinski definition) is 3. The maximum absolute atomic E-state index is 5.20. The van der Waals surface area contributed by atoms with Crippen molar-refractivity contribution in [1.29, 1.82) is 0 Å². The average Bonchev–Trinajstić information content (AvgIpc) is 3.74. The summed E-state index contributed by atoms with van der Waals surface area (Å²) in [6.07, 6.45) is 3.62. The molecule has 2 aliphatic rings. The normalized spacial score (nSPS) is 12.9. The van der Waals surface area contributed by atoms with E-state index in [0.29, 0.717) is 5.82 Å². The van der Waals surface area contributed by atoms with E-state index >= 15 is 0 Å². The van der Waals surface area contributed by atoms with E-state index in [0.717, 1.165) is 39.2 Å². The minimum atomic E-state index is -0.385. The Labute approximate surface area is 320 Å². The van der Waals surface area contributed by atoms with E-state index in [4.69, 9.17) is 9.97 Å². The largest absolute Gasteiger partial charge is 0.265 e. The van der Waals surface area contributed by atoms with Crippen molar-refractivity contribution >= 4 is 0 Å². The Morgan fingerprint density at radius 1 is 0.291 bits per heavy atom. The van der Waals surface area contributed by atoms with Crippen LogP contribution in [-0.2, 0) is 5.41 Å². The van der Waals surface area contributed by atoms with Crippen molar-refractivity contribution in [2.75, 3.05) is 0 Å². The van der Waals surface area contributed by atoms with Crippen LogP contribution in [-0.4, -0.2) is 15.0 Å². The van der Waals surface area contributed by atoms with Gasteiger partial charge >= 0.3 is 0 Å². The number of hydrogen-bond donors (Lipinski definition) is 0. The maximum atomic E-state index is 5.20. The second-order valence-corrected chi connectivity index (χ2v) is 14.4. The lowest BCUT2D eigenvalue weighted by atomic mass is 9.70. The molecule has 0 amide bonds. The summed E-state index contributed by atoms with van der Waals surface area (Å²) in [4.78, 5) is 14.5. The Bertz CT molecular complexity index is 2850. The minimum Gasteiger partial charge on any atom is -0.265 e. The SMILES string of the molecule is c1ccc(-c2ccc(-c3nc(-c4ccncc4)cc(-c4cccc(-c5ccc6c(c5)C5(c7ccccc7-c7ccccc75)c5ccccc5-6)c4)n3)cc2)cc1. The molecular weight excluding hydrogens is 667 g/mol. The van der Waals surface area contributed by atoms with Crippen LogP contribution < -0.4 is 0 Å². The third kappa shape index (κ3) is 4.87. The summed E-state index contributed by atoms with van der Waals surface area (Å²) in [7, 11) is 0. The third-order valence-electron chi connectivity index (χ3n) is 11.4. The second-order valence-electron chi connectivity index (χ2n) is 14.4. The Kier molecular flexibility index (Phi) is 7.08. The van der Waals surface area contributed by atoms with Gasteiger partial charge in [0.15, 0.2) is 5.82 Å². The molecule has 9 aromatic rings. The van der Waals surface area contributed by atoms with Gasteiger partial charge in [-0.05, 0) is 97.1 Å². The second kappa shape index (κ2) is 12.4. The molecule has 0 atom stereocenters. The fourth-order valence-electron chi connectivity index (χ4n) is 8.97. The summed E-state index contributed by atoms with van der Waals surface area (Å²) in [5.41, 5.74) is 19.6. The van der Waals surface area contributed by atoms with Gasteiger partial charge in [-0.1, -0.05) is 158 Å². The standard InChI is InChI=1S/C52H33N3/c1-2-11-34(12-3-1)35-21-23-37(24-22-35)51-54-49(36-27-29-53-30-28-36)33-50(55-51)40-14-10-13-38(31-40)39-25-26-44-43-17-6-9-20-47(43)52(48(44)32-39)45-18-7-4-15-41(45)42-16-5-8-19-46(42)52/h1-33H. The van der Waals surface area contributed by atoms with Gasteiger partial charge < -0.3 is 0 Å². The summed E-state index contributed by atoms with van der Waals surface area (Å²) in [5, 5.41) is 0. The van der Waals surface area contributed by atoms with Crippen LogP contribution in [0.1, 0.15) is 22.3 Å². The predicted octanol–water partition coefficient (Wildman–Crippen LogP) is 12.6. The Hall–Kier alpha value is -7.23. The molecule has 2 aromatic heterocycles. The molecule has 3 heteroatoms. The lowest BCUT2D eigenvalue weighted by Gasteiger charge is -2.30. The van der Waals surface area contributed by atoms with Crippen LogP contribution in [0, 0.1) is 0 Å². The smallest absolute Gasteiger partial charge is 0.160 e. The number of rotatable bonds is 5. The topological polar surface area (TPSA) is 38.7 Å². The van der Waals surface area contributed by atoms with E-state index in [-0.39, 0.29) is 5.41 Å². The molecule has 7 aromatic carbocycles. The van der Waals surface area contributed by atoms with Crippen LogP contribution in [0.5, 0.6) is 0 Å². The van der Waals surface area contributed by atoms with Crippen LogP contribution in [0.3, 0.4) is 0 Å². The molecular formula is C52H33N3.